The van der Waals surface area contributed by atoms with E-state index in [4.69, 9.17) is 11.6 Å². The minimum absolute atomic E-state index is 0.0746. The third kappa shape index (κ3) is 3.44. The van der Waals surface area contributed by atoms with Crippen molar-refractivity contribution in [2.75, 3.05) is 31.1 Å². The van der Waals surface area contributed by atoms with Crippen LogP contribution in [0.2, 0.25) is 5.02 Å². The van der Waals surface area contributed by atoms with E-state index in [0.29, 0.717) is 30.1 Å². The second-order valence-corrected chi connectivity index (χ2v) is 8.09. The van der Waals surface area contributed by atoms with Gasteiger partial charge in [0, 0.05) is 25.2 Å². The van der Waals surface area contributed by atoms with Gasteiger partial charge in [0.2, 0.25) is 0 Å². The van der Waals surface area contributed by atoms with Gasteiger partial charge in [-0.3, -0.25) is 4.79 Å². The van der Waals surface area contributed by atoms with E-state index in [0.717, 1.165) is 29.9 Å². The summed E-state index contributed by atoms with van der Waals surface area (Å²) in [6.07, 6.45) is 2.91. The van der Waals surface area contributed by atoms with E-state index in [1.807, 2.05) is 43.3 Å². The molecule has 4 nitrogen and oxygen atoms in total. The molecule has 0 saturated carbocycles. The second kappa shape index (κ2) is 7.17. The normalized spacial score (nSPS) is 22.5. The minimum Gasteiger partial charge on any atom is -0.383 e. The molecule has 2 saturated heterocycles. The average Bonchev–Trinajstić information content (AvgIpc) is 3.32. The van der Waals surface area contributed by atoms with Gasteiger partial charge in [0.15, 0.2) is 0 Å². The van der Waals surface area contributed by atoms with Crippen LogP contribution in [0.4, 0.5) is 5.69 Å². The number of anilines is 1. The molecule has 2 fully saturated rings. The Morgan fingerprint density at radius 2 is 1.85 bits per heavy atom. The number of rotatable bonds is 3. The van der Waals surface area contributed by atoms with Crippen LogP contribution in [0.15, 0.2) is 42.5 Å². The number of nitrogens with zero attached hydrogens (tertiary/aromatic N) is 2. The number of β-amino-alcohol motifs (C(OH)–C–C–N with tert-alkyl or cyclic N) is 1. The fourth-order valence-electron chi connectivity index (χ4n) is 4.32. The van der Waals surface area contributed by atoms with Crippen LogP contribution in [0.1, 0.15) is 40.7 Å². The van der Waals surface area contributed by atoms with Crippen LogP contribution in [0, 0.1) is 6.92 Å². The van der Waals surface area contributed by atoms with Crippen molar-refractivity contribution in [1.82, 2.24) is 4.90 Å². The molecular formula is C22H25ClN2O2. The fraction of sp³-hybridized carbons (Fsp3) is 0.409. The van der Waals surface area contributed by atoms with Crippen molar-refractivity contribution in [3.05, 3.63) is 64.2 Å². The molecule has 0 radical (unpaired) electrons. The first kappa shape index (κ1) is 18.3. The zero-order valence-electron chi connectivity index (χ0n) is 15.6. The molecule has 4 rings (SSSR count). The van der Waals surface area contributed by atoms with E-state index in [1.54, 1.807) is 11.0 Å². The van der Waals surface area contributed by atoms with Gasteiger partial charge in [-0.2, -0.15) is 0 Å². The van der Waals surface area contributed by atoms with Gasteiger partial charge < -0.3 is 14.9 Å². The molecule has 27 heavy (non-hydrogen) atoms. The predicted molar refractivity (Wildman–Crippen MR) is 108 cm³/mol. The highest BCUT2D eigenvalue weighted by Crippen LogP contribution is 2.35. The van der Waals surface area contributed by atoms with E-state index in [-0.39, 0.29) is 5.91 Å². The highest BCUT2D eigenvalue weighted by atomic mass is 35.5. The lowest BCUT2D eigenvalue weighted by molar-refractivity contribution is 0.0412. The Morgan fingerprint density at radius 1 is 1.11 bits per heavy atom. The maximum Gasteiger partial charge on any atom is 0.254 e. The molecule has 0 spiro atoms. The largest absolute Gasteiger partial charge is 0.383 e. The van der Waals surface area contributed by atoms with Gasteiger partial charge in [-0.05, 0) is 55.5 Å². The lowest BCUT2D eigenvalue weighted by Gasteiger charge is -2.26. The Bertz CT molecular complexity index is 863. The van der Waals surface area contributed by atoms with Gasteiger partial charge in [0.25, 0.3) is 5.91 Å². The summed E-state index contributed by atoms with van der Waals surface area (Å²) in [5.41, 5.74) is 2.55. The first-order valence-corrected chi connectivity index (χ1v) is 9.98. The Morgan fingerprint density at radius 3 is 2.56 bits per heavy atom. The number of benzene rings is 2. The number of likely N-dealkylation sites (tertiary alicyclic amines) is 1. The maximum atomic E-state index is 13.0. The van der Waals surface area contributed by atoms with Crippen molar-refractivity contribution in [3.8, 4) is 0 Å². The standard InChI is InChI=1S/C22H25ClN2O2/c1-16-6-2-3-7-18(16)22(27)10-13-25(15-22)21(26)17-8-9-20(19(23)14-17)24-11-4-5-12-24/h2-3,6-9,14,27H,4-5,10-13,15H2,1H3. The molecule has 1 amide bonds. The number of hydrogen-bond donors (Lipinski definition) is 1. The number of halogens is 1. The molecule has 142 valence electrons. The Hall–Kier alpha value is -2.04. The van der Waals surface area contributed by atoms with Crippen LogP contribution >= 0.6 is 11.6 Å². The summed E-state index contributed by atoms with van der Waals surface area (Å²) in [4.78, 5) is 17.0. The summed E-state index contributed by atoms with van der Waals surface area (Å²) in [5.74, 6) is -0.0746. The minimum atomic E-state index is -0.986. The highest BCUT2D eigenvalue weighted by molar-refractivity contribution is 6.33. The maximum absolute atomic E-state index is 13.0. The second-order valence-electron chi connectivity index (χ2n) is 7.68. The number of aliphatic hydroxyl groups is 1. The molecule has 2 aromatic rings. The van der Waals surface area contributed by atoms with Gasteiger partial charge in [0.05, 0.1) is 17.3 Å². The van der Waals surface area contributed by atoms with E-state index >= 15 is 0 Å². The molecule has 2 aliphatic rings. The number of carbonyl (C=O) groups is 1. The lowest BCUT2D eigenvalue weighted by Crippen LogP contribution is -2.34. The highest BCUT2D eigenvalue weighted by Gasteiger charge is 2.40. The monoisotopic (exact) mass is 384 g/mol. The third-order valence-corrected chi connectivity index (χ3v) is 6.13. The molecular weight excluding hydrogens is 360 g/mol. The molecule has 1 N–H and O–H groups in total. The van der Waals surface area contributed by atoms with Gasteiger partial charge >= 0.3 is 0 Å². The van der Waals surface area contributed by atoms with E-state index in [2.05, 4.69) is 4.90 Å². The summed E-state index contributed by atoms with van der Waals surface area (Å²) in [6.45, 7) is 4.87. The number of amides is 1. The molecule has 1 unspecified atom stereocenters. The lowest BCUT2D eigenvalue weighted by atomic mass is 9.89. The SMILES string of the molecule is Cc1ccccc1C1(O)CCN(C(=O)c2ccc(N3CCCC3)c(Cl)c2)C1. The van der Waals surface area contributed by atoms with E-state index in [1.165, 1.54) is 12.8 Å². The zero-order chi connectivity index (χ0) is 19.0. The van der Waals surface area contributed by atoms with Crippen molar-refractivity contribution in [1.29, 1.82) is 0 Å². The van der Waals surface area contributed by atoms with E-state index in [9.17, 15) is 9.90 Å². The quantitative estimate of drug-likeness (QED) is 0.870. The number of carbonyl (C=O) groups excluding carboxylic acids is 1. The first-order valence-electron chi connectivity index (χ1n) is 9.60. The summed E-state index contributed by atoms with van der Waals surface area (Å²) in [6, 6.07) is 13.4. The van der Waals surface area contributed by atoms with Gasteiger partial charge in [0.1, 0.15) is 5.60 Å². The number of aryl methyl sites for hydroxylation is 1. The smallest absolute Gasteiger partial charge is 0.254 e. The van der Waals surface area contributed by atoms with Crippen molar-refractivity contribution in [2.45, 2.75) is 31.8 Å². The zero-order valence-corrected chi connectivity index (χ0v) is 16.4. The molecule has 0 aromatic heterocycles. The molecule has 2 aliphatic heterocycles. The molecule has 5 heteroatoms. The third-order valence-electron chi connectivity index (χ3n) is 5.82. The Kier molecular flexibility index (Phi) is 4.87. The summed E-state index contributed by atoms with van der Waals surface area (Å²) < 4.78 is 0. The van der Waals surface area contributed by atoms with Crippen LogP contribution in [-0.2, 0) is 5.60 Å². The average molecular weight is 385 g/mol. The van der Waals surface area contributed by atoms with Crippen LogP contribution in [-0.4, -0.2) is 42.1 Å². The summed E-state index contributed by atoms with van der Waals surface area (Å²) >= 11 is 6.47. The molecule has 0 aliphatic carbocycles. The Balaban J connectivity index is 1.52. The first-order chi connectivity index (χ1) is 13.0. The molecule has 1 atom stereocenters. The molecule has 2 aromatic carbocycles. The summed E-state index contributed by atoms with van der Waals surface area (Å²) in [5, 5.41) is 11.7. The predicted octanol–water partition coefficient (Wildman–Crippen LogP) is 3.98. The van der Waals surface area contributed by atoms with Crippen molar-refractivity contribution >= 4 is 23.2 Å². The van der Waals surface area contributed by atoms with Crippen LogP contribution in [0.3, 0.4) is 0 Å². The van der Waals surface area contributed by atoms with Crippen LogP contribution in [0.25, 0.3) is 0 Å². The topological polar surface area (TPSA) is 43.8 Å². The number of hydrogen-bond acceptors (Lipinski definition) is 3. The van der Waals surface area contributed by atoms with Crippen molar-refractivity contribution in [3.63, 3.8) is 0 Å². The van der Waals surface area contributed by atoms with Gasteiger partial charge in [-0.15, -0.1) is 0 Å². The van der Waals surface area contributed by atoms with Crippen LogP contribution in [0.5, 0.6) is 0 Å². The van der Waals surface area contributed by atoms with E-state index < -0.39 is 5.60 Å². The van der Waals surface area contributed by atoms with Crippen LogP contribution < -0.4 is 4.90 Å². The van der Waals surface area contributed by atoms with Crippen molar-refractivity contribution in [2.24, 2.45) is 0 Å². The summed E-state index contributed by atoms with van der Waals surface area (Å²) in [7, 11) is 0. The van der Waals surface area contributed by atoms with Gasteiger partial charge in [-0.1, -0.05) is 35.9 Å². The van der Waals surface area contributed by atoms with Gasteiger partial charge in [-0.25, -0.2) is 0 Å². The van der Waals surface area contributed by atoms with Crippen molar-refractivity contribution < 1.29 is 9.90 Å². The fourth-order valence-corrected chi connectivity index (χ4v) is 4.62. The Labute approximate surface area is 165 Å². The molecule has 2 heterocycles. The molecule has 0 bridgehead atoms.